The summed E-state index contributed by atoms with van der Waals surface area (Å²) in [5.74, 6) is -0.779. The maximum atomic E-state index is 13.1. The van der Waals surface area contributed by atoms with Gasteiger partial charge in [0.1, 0.15) is 5.82 Å². The summed E-state index contributed by atoms with van der Waals surface area (Å²) in [4.78, 5) is 0. The van der Waals surface area contributed by atoms with Crippen LogP contribution in [0.25, 0.3) is 0 Å². The van der Waals surface area contributed by atoms with Crippen molar-refractivity contribution in [3.8, 4) is 0 Å². The second kappa shape index (κ2) is 5.63. The minimum absolute atomic E-state index is 0.00910. The molecule has 0 saturated heterocycles. The molecule has 0 unspecified atom stereocenters. The number of halogens is 5. The quantitative estimate of drug-likeness (QED) is 0.653. The SMILES string of the molecule is Fc1cccc(Cl)c1NCCSC(F)(F)F. The highest BCUT2D eigenvalue weighted by atomic mass is 35.5. The summed E-state index contributed by atoms with van der Waals surface area (Å²) >= 11 is 5.50. The van der Waals surface area contributed by atoms with Gasteiger partial charge >= 0.3 is 5.51 Å². The number of hydrogen-bond acceptors (Lipinski definition) is 2. The van der Waals surface area contributed by atoms with Crippen molar-refractivity contribution in [3.63, 3.8) is 0 Å². The average molecular weight is 274 g/mol. The number of thioether (sulfide) groups is 1. The molecule has 0 aliphatic rings. The third-order valence-electron chi connectivity index (χ3n) is 1.63. The lowest BCUT2D eigenvalue weighted by Gasteiger charge is -2.10. The van der Waals surface area contributed by atoms with Crippen molar-refractivity contribution in [2.45, 2.75) is 5.51 Å². The van der Waals surface area contributed by atoms with Crippen LogP contribution in [0.4, 0.5) is 23.2 Å². The smallest absolute Gasteiger partial charge is 0.381 e. The summed E-state index contributed by atoms with van der Waals surface area (Å²) in [7, 11) is 0. The highest BCUT2D eigenvalue weighted by Gasteiger charge is 2.27. The third-order valence-corrected chi connectivity index (χ3v) is 2.68. The van der Waals surface area contributed by atoms with E-state index in [1.54, 1.807) is 0 Å². The third kappa shape index (κ3) is 4.49. The summed E-state index contributed by atoms with van der Waals surface area (Å²) < 4.78 is 48.5. The van der Waals surface area contributed by atoms with Crippen molar-refractivity contribution in [2.75, 3.05) is 17.6 Å². The van der Waals surface area contributed by atoms with Gasteiger partial charge in [-0.05, 0) is 23.9 Å². The highest BCUT2D eigenvalue weighted by molar-refractivity contribution is 8.00. The van der Waals surface area contributed by atoms with Gasteiger partial charge in [0.2, 0.25) is 0 Å². The predicted octanol–water partition coefficient (Wildman–Crippen LogP) is 4.14. The first-order valence-electron chi connectivity index (χ1n) is 4.29. The largest absolute Gasteiger partial charge is 0.441 e. The minimum Gasteiger partial charge on any atom is -0.381 e. The lowest BCUT2D eigenvalue weighted by atomic mass is 10.3. The van der Waals surface area contributed by atoms with Crippen LogP contribution in [0.15, 0.2) is 18.2 Å². The van der Waals surface area contributed by atoms with Gasteiger partial charge in [0.05, 0.1) is 10.7 Å². The molecule has 0 atom stereocenters. The molecule has 0 heterocycles. The first kappa shape index (κ1) is 13.4. The first-order valence-corrected chi connectivity index (χ1v) is 5.65. The van der Waals surface area contributed by atoms with Gasteiger partial charge < -0.3 is 5.32 Å². The molecule has 0 radical (unpaired) electrons. The zero-order chi connectivity index (χ0) is 12.2. The zero-order valence-electron chi connectivity index (χ0n) is 7.94. The second-order valence-electron chi connectivity index (χ2n) is 2.82. The fraction of sp³-hybridized carbons (Fsp3) is 0.333. The van der Waals surface area contributed by atoms with Crippen LogP contribution in [0.2, 0.25) is 5.02 Å². The molecule has 1 aromatic carbocycles. The number of rotatable bonds is 4. The second-order valence-corrected chi connectivity index (χ2v) is 4.38. The molecule has 0 aliphatic heterocycles. The summed E-state index contributed by atoms with van der Waals surface area (Å²) in [5, 5.41) is 2.68. The molecule has 0 aliphatic carbocycles. The molecule has 90 valence electrons. The van der Waals surface area contributed by atoms with Crippen LogP contribution in [0.3, 0.4) is 0 Å². The van der Waals surface area contributed by atoms with E-state index in [0.717, 1.165) is 0 Å². The van der Waals surface area contributed by atoms with Gasteiger partial charge in [0.15, 0.2) is 0 Å². The Morgan fingerprint density at radius 1 is 1.31 bits per heavy atom. The Morgan fingerprint density at radius 3 is 2.56 bits per heavy atom. The number of anilines is 1. The van der Waals surface area contributed by atoms with E-state index in [9.17, 15) is 17.6 Å². The fourth-order valence-electron chi connectivity index (χ4n) is 1.01. The molecule has 0 saturated carbocycles. The lowest BCUT2D eigenvalue weighted by molar-refractivity contribution is -0.0327. The molecule has 0 bridgehead atoms. The van der Waals surface area contributed by atoms with E-state index in [0.29, 0.717) is 0 Å². The maximum absolute atomic E-state index is 13.1. The Bertz CT molecular complexity index is 336. The van der Waals surface area contributed by atoms with E-state index in [-0.39, 0.29) is 34.8 Å². The van der Waals surface area contributed by atoms with Crippen LogP contribution in [0.1, 0.15) is 0 Å². The average Bonchev–Trinajstić information content (AvgIpc) is 2.14. The van der Waals surface area contributed by atoms with Gasteiger partial charge in [0.25, 0.3) is 0 Å². The van der Waals surface area contributed by atoms with E-state index < -0.39 is 11.3 Å². The Hall–Kier alpha value is -0.620. The van der Waals surface area contributed by atoms with E-state index in [2.05, 4.69) is 5.32 Å². The predicted molar refractivity (Wildman–Crippen MR) is 58.4 cm³/mol. The Balaban J connectivity index is 2.43. The number of nitrogens with one attached hydrogen (secondary N) is 1. The van der Waals surface area contributed by atoms with Crippen molar-refractivity contribution in [1.29, 1.82) is 0 Å². The number of benzene rings is 1. The van der Waals surface area contributed by atoms with Gasteiger partial charge in [-0.2, -0.15) is 13.2 Å². The molecule has 1 rings (SSSR count). The molecule has 1 N–H and O–H groups in total. The molecule has 1 nitrogen and oxygen atoms in total. The molecular formula is C9H8ClF4NS. The molecule has 7 heteroatoms. The minimum atomic E-state index is -4.26. The molecule has 0 amide bonds. The van der Waals surface area contributed by atoms with E-state index >= 15 is 0 Å². The van der Waals surface area contributed by atoms with Crippen molar-refractivity contribution in [3.05, 3.63) is 29.0 Å². The fourth-order valence-corrected chi connectivity index (χ4v) is 1.67. The van der Waals surface area contributed by atoms with Crippen LogP contribution in [-0.2, 0) is 0 Å². The van der Waals surface area contributed by atoms with E-state index in [4.69, 9.17) is 11.6 Å². The van der Waals surface area contributed by atoms with Crippen LogP contribution in [0.5, 0.6) is 0 Å². The molecule has 1 aromatic rings. The Morgan fingerprint density at radius 2 is 2.00 bits per heavy atom. The van der Waals surface area contributed by atoms with Crippen LogP contribution in [0, 0.1) is 5.82 Å². The topological polar surface area (TPSA) is 12.0 Å². The lowest BCUT2D eigenvalue weighted by Crippen LogP contribution is -2.10. The van der Waals surface area contributed by atoms with Gasteiger partial charge in [-0.25, -0.2) is 4.39 Å². The molecule has 0 fully saturated rings. The van der Waals surface area contributed by atoms with Crippen LogP contribution in [-0.4, -0.2) is 17.8 Å². The van der Waals surface area contributed by atoms with Gasteiger partial charge in [0, 0.05) is 12.3 Å². The highest BCUT2D eigenvalue weighted by Crippen LogP contribution is 2.30. The first-order chi connectivity index (χ1) is 7.40. The number of para-hydroxylation sites is 1. The van der Waals surface area contributed by atoms with E-state index in [1.165, 1.54) is 18.2 Å². The van der Waals surface area contributed by atoms with Gasteiger partial charge in [-0.15, -0.1) is 0 Å². The number of hydrogen-bond donors (Lipinski definition) is 1. The normalized spacial score (nSPS) is 11.6. The number of alkyl halides is 3. The van der Waals surface area contributed by atoms with E-state index in [1.807, 2.05) is 0 Å². The summed E-state index contributed by atoms with van der Waals surface area (Å²) in [6, 6.07) is 4.07. The van der Waals surface area contributed by atoms with Crippen LogP contribution < -0.4 is 5.32 Å². The van der Waals surface area contributed by atoms with Crippen molar-refractivity contribution in [2.24, 2.45) is 0 Å². The molecular weight excluding hydrogens is 266 g/mol. The zero-order valence-corrected chi connectivity index (χ0v) is 9.52. The van der Waals surface area contributed by atoms with Gasteiger partial charge in [-0.3, -0.25) is 0 Å². The summed E-state index contributed by atoms with van der Waals surface area (Å²) in [5.41, 5.74) is -4.23. The van der Waals surface area contributed by atoms with Crippen molar-refractivity contribution in [1.82, 2.24) is 0 Å². The molecule has 16 heavy (non-hydrogen) atoms. The summed E-state index contributed by atoms with van der Waals surface area (Å²) in [6.45, 7) is -0.00910. The van der Waals surface area contributed by atoms with Gasteiger partial charge in [-0.1, -0.05) is 17.7 Å². The maximum Gasteiger partial charge on any atom is 0.441 e. The standard InChI is InChI=1S/C9H8ClF4NS/c10-6-2-1-3-7(11)8(6)15-4-5-16-9(12,13)14/h1-3,15H,4-5H2. The Kier molecular flexibility index (Phi) is 4.73. The molecule has 0 aromatic heterocycles. The van der Waals surface area contributed by atoms with Crippen molar-refractivity contribution >= 4 is 29.1 Å². The van der Waals surface area contributed by atoms with Crippen LogP contribution >= 0.6 is 23.4 Å². The summed E-state index contributed by atoms with van der Waals surface area (Å²) in [6.07, 6.45) is 0. The monoisotopic (exact) mass is 273 g/mol. The Labute approximate surface area is 99.2 Å². The molecule has 0 spiro atoms. The van der Waals surface area contributed by atoms with Crippen molar-refractivity contribution < 1.29 is 17.6 Å².